The average molecular weight is 341 g/mol. The summed E-state index contributed by atoms with van der Waals surface area (Å²) in [5, 5.41) is 5.73. The minimum Gasteiger partial charge on any atom is -0.468 e. The third kappa shape index (κ3) is 3.99. The van der Waals surface area contributed by atoms with Gasteiger partial charge >= 0.3 is 6.03 Å². The lowest BCUT2D eigenvalue weighted by Gasteiger charge is -2.26. The van der Waals surface area contributed by atoms with Crippen LogP contribution in [0.4, 0.5) is 10.5 Å². The number of hydrogen-bond donors (Lipinski definition) is 2. The number of nitrogens with zero attached hydrogens (tertiary/aromatic N) is 3. The van der Waals surface area contributed by atoms with Crippen molar-refractivity contribution in [2.45, 2.75) is 37.6 Å². The van der Waals surface area contributed by atoms with Crippen molar-refractivity contribution in [2.24, 2.45) is 0 Å². The number of carbonyl (C=O) groups excluding carboxylic acids is 1. The maximum Gasteiger partial charge on any atom is 0.319 e. The van der Waals surface area contributed by atoms with Crippen LogP contribution in [0.2, 0.25) is 0 Å². The molecule has 2 fully saturated rings. The van der Waals surface area contributed by atoms with Gasteiger partial charge in [-0.05, 0) is 50.9 Å². The number of urea groups is 1. The van der Waals surface area contributed by atoms with E-state index in [1.807, 2.05) is 12.1 Å². The standard InChI is InChI=1S/C18H23N5O2/c24-18(22-14-10-19-17(20-11-14)13-5-6-13)21-12-15(16-4-3-9-25-16)23-7-1-2-8-23/h3-4,9-11,13,15H,1-2,5-8,12H2,(H2,21,22,24). The Hall–Kier alpha value is -2.41. The lowest BCUT2D eigenvalue weighted by atomic mass is 10.2. The van der Waals surface area contributed by atoms with E-state index < -0.39 is 0 Å². The van der Waals surface area contributed by atoms with Crippen LogP contribution in [0.25, 0.3) is 0 Å². The van der Waals surface area contributed by atoms with Crippen molar-refractivity contribution in [2.75, 3.05) is 25.0 Å². The summed E-state index contributed by atoms with van der Waals surface area (Å²) in [5.74, 6) is 2.27. The molecule has 2 aromatic heterocycles. The molecule has 7 heteroatoms. The molecule has 132 valence electrons. The fourth-order valence-corrected chi connectivity index (χ4v) is 3.26. The Bertz CT molecular complexity index is 691. The minimum atomic E-state index is -0.251. The number of amides is 2. The van der Waals surface area contributed by atoms with Gasteiger partial charge in [0.1, 0.15) is 11.6 Å². The summed E-state index contributed by atoms with van der Waals surface area (Å²) in [5.41, 5.74) is 0.609. The third-order valence-electron chi connectivity index (χ3n) is 4.78. The van der Waals surface area contributed by atoms with Gasteiger partial charge in [-0.2, -0.15) is 0 Å². The fraction of sp³-hybridized carbons (Fsp3) is 0.500. The molecule has 1 aliphatic heterocycles. The fourth-order valence-electron chi connectivity index (χ4n) is 3.26. The molecule has 1 atom stereocenters. The van der Waals surface area contributed by atoms with Crippen LogP contribution in [0, 0.1) is 0 Å². The highest BCUT2D eigenvalue weighted by Crippen LogP contribution is 2.37. The van der Waals surface area contributed by atoms with E-state index in [4.69, 9.17) is 4.42 Å². The lowest BCUT2D eigenvalue weighted by molar-refractivity contribution is 0.207. The van der Waals surface area contributed by atoms with Gasteiger partial charge in [-0.1, -0.05) is 0 Å². The van der Waals surface area contributed by atoms with Gasteiger partial charge in [-0.3, -0.25) is 4.90 Å². The molecule has 3 heterocycles. The molecule has 2 aliphatic rings. The largest absolute Gasteiger partial charge is 0.468 e. The number of likely N-dealkylation sites (tertiary alicyclic amines) is 1. The van der Waals surface area contributed by atoms with E-state index >= 15 is 0 Å². The van der Waals surface area contributed by atoms with Crippen LogP contribution < -0.4 is 10.6 Å². The van der Waals surface area contributed by atoms with Gasteiger partial charge in [0.25, 0.3) is 0 Å². The SMILES string of the molecule is O=C(NCC(c1ccco1)N1CCCC1)Nc1cnc(C2CC2)nc1. The Morgan fingerprint density at radius 2 is 2.04 bits per heavy atom. The molecule has 4 rings (SSSR count). The van der Waals surface area contributed by atoms with Crippen LogP contribution in [-0.4, -0.2) is 40.5 Å². The van der Waals surface area contributed by atoms with Crippen molar-refractivity contribution in [3.8, 4) is 0 Å². The van der Waals surface area contributed by atoms with Crippen LogP contribution in [0.3, 0.4) is 0 Å². The van der Waals surface area contributed by atoms with Gasteiger partial charge in [-0.15, -0.1) is 0 Å². The van der Waals surface area contributed by atoms with Crippen LogP contribution in [-0.2, 0) is 0 Å². The van der Waals surface area contributed by atoms with E-state index in [9.17, 15) is 4.79 Å². The molecular weight excluding hydrogens is 318 g/mol. The number of aromatic nitrogens is 2. The van der Waals surface area contributed by atoms with Crippen molar-refractivity contribution in [3.05, 3.63) is 42.4 Å². The van der Waals surface area contributed by atoms with E-state index in [2.05, 4.69) is 25.5 Å². The van der Waals surface area contributed by atoms with Crippen molar-refractivity contribution < 1.29 is 9.21 Å². The molecule has 0 spiro atoms. The zero-order chi connectivity index (χ0) is 17.1. The second-order valence-corrected chi connectivity index (χ2v) is 6.71. The number of anilines is 1. The first kappa shape index (κ1) is 16.1. The summed E-state index contributed by atoms with van der Waals surface area (Å²) in [4.78, 5) is 23.2. The number of carbonyl (C=O) groups is 1. The summed E-state index contributed by atoms with van der Waals surface area (Å²) in [6.07, 6.45) is 9.73. The molecule has 0 radical (unpaired) electrons. The molecule has 1 saturated carbocycles. The topological polar surface area (TPSA) is 83.3 Å². The van der Waals surface area contributed by atoms with Gasteiger partial charge in [0, 0.05) is 12.5 Å². The molecule has 0 aromatic carbocycles. The summed E-state index contributed by atoms with van der Waals surface area (Å²) >= 11 is 0. The van der Waals surface area contributed by atoms with E-state index in [1.165, 1.54) is 12.8 Å². The summed E-state index contributed by atoms with van der Waals surface area (Å²) in [6, 6.07) is 3.67. The molecule has 2 aromatic rings. The third-order valence-corrected chi connectivity index (χ3v) is 4.78. The molecule has 1 unspecified atom stereocenters. The van der Waals surface area contributed by atoms with Crippen LogP contribution in [0.5, 0.6) is 0 Å². The van der Waals surface area contributed by atoms with Crippen molar-refractivity contribution in [3.63, 3.8) is 0 Å². The Kier molecular flexibility index (Phi) is 4.65. The van der Waals surface area contributed by atoms with E-state index in [0.717, 1.165) is 37.5 Å². The van der Waals surface area contributed by atoms with Crippen LogP contribution in [0.15, 0.2) is 35.2 Å². The average Bonchev–Trinajstić information content (AvgIpc) is 3.10. The maximum atomic E-state index is 12.2. The van der Waals surface area contributed by atoms with Gasteiger partial charge in [0.05, 0.1) is 30.4 Å². The van der Waals surface area contributed by atoms with Crippen molar-refractivity contribution in [1.82, 2.24) is 20.2 Å². The normalized spacial score (nSPS) is 18.9. The first-order chi connectivity index (χ1) is 12.3. The monoisotopic (exact) mass is 341 g/mol. The molecule has 1 saturated heterocycles. The Labute approximate surface area is 146 Å². The van der Waals surface area contributed by atoms with Crippen molar-refractivity contribution in [1.29, 1.82) is 0 Å². The minimum absolute atomic E-state index is 0.0664. The zero-order valence-corrected chi connectivity index (χ0v) is 14.1. The number of hydrogen-bond acceptors (Lipinski definition) is 5. The van der Waals surface area contributed by atoms with Crippen LogP contribution in [0.1, 0.15) is 49.2 Å². The maximum absolute atomic E-state index is 12.2. The summed E-state index contributed by atoms with van der Waals surface area (Å²) < 4.78 is 5.57. The number of furan rings is 1. The molecule has 2 N–H and O–H groups in total. The van der Waals surface area contributed by atoms with Crippen LogP contribution >= 0.6 is 0 Å². The second kappa shape index (κ2) is 7.23. The highest BCUT2D eigenvalue weighted by atomic mass is 16.3. The Morgan fingerprint density at radius 1 is 1.28 bits per heavy atom. The zero-order valence-electron chi connectivity index (χ0n) is 14.1. The van der Waals surface area contributed by atoms with E-state index in [0.29, 0.717) is 18.2 Å². The number of rotatable bonds is 6. The van der Waals surface area contributed by atoms with Gasteiger partial charge in [-0.25, -0.2) is 14.8 Å². The first-order valence-corrected chi connectivity index (χ1v) is 8.94. The highest BCUT2D eigenvalue weighted by molar-refractivity contribution is 5.88. The lowest BCUT2D eigenvalue weighted by Crippen LogP contribution is -2.38. The second-order valence-electron chi connectivity index (χ2n) is 6.71. The molecule has 0 bridgehead atoms. The Morgan fingerprint density at radius 3 is 2.68 bits per heavy atom. The van der Waals surface area contributed by atoms with Crippen molar-refractivity contribution >= 4 is 11.7 Å². The quantitative estimate of drug-likeness (QED) is 0.844. The summed E-state index contributed by atoms with van der Waals surface area (Å²) in [6.45, 7) is 2.57. The number of nitrogens with one attached hydrogen (secondary N) is 2. The molecular formula is C18H23N5O2. The van der Waals surface area contributed by atoms with Gasteiger partial charge in [0.2, 0.25) is 0 Å². The predicted molar refractivity (Wildman–Crippen MR) is 93.3 cm³/mol. The molecule has 1 aliphatic carbocycles. The predicted octanol–water partition coefficient (Wildman–Crippen LogP) is 2.91. The summed E-state index contributed by atoms with van der Waals surface area (Å²) in [7, 11) is 0. The van der Waals surface area contributed by atoms with E-state index in [-0.39, 0.29) is 12.1 Å². The first-order valence-electron chi connectivity index (χ1n) is 8.94. The van der Waals surface area contributed by atoms with Gasteiger partial charge in [0.15, 0.2) is 0 Å². The Balaban J connectivity index is 1.32. The highest BCUT2D eigenvalue weighted by Gasteiger charge is 2.27. The smallest absolute Gasteiger partial charge is 0.319 e. The molecule has 2 amide bonds. The van der Waals surface area contributed by atoms with E-state index in [1.54, 1.807) is 18.7 Å². The van der Waals surface area contributed by atoms with Gasteiger partial charge < -0.3 is 15.1 Å². The molecule has 25 heavy (non-hydrogen) atoms. The molecule has 7 nitrogen and oxygen atoms in total.